The van der Waals surface area contributed by atoms with E-state index < -0.39 is 0 Å². The highest BCUT2D eigenvalue weighted by Crippen LogP contribution is 2.18. The van der Waals surface area contributed by atoms with Crippen LogP contribution in [0, 0.1) is 12.8 Å². The highest BCUT2D eigenvalue weighted by atomic mass is 16.5. The number of likely N-dealkylation sites (tertiary alicyclic amines) is 1. The molecule has 1 aliphatic rings. The van der Waals surface area contributed by atoms with Crippen molar-refractivity contribution in [3.8, 4) is 0 Å². The molecule has 4 nitrogen and oxygen atoms in total. The molecule has 0 spiro atoms. The van der Waals surface area contributed by atoms with Gasteiger partial charge in [-0.1, -0.05) is 29.8 Å². The summed E-state index contributed by atoms with van der Waals surface area (Å²) in [6.45, 7) is 5.37. The van der Waals surface area contributed by atoms with E-state index in [-0.39, 0.29) is 17.8 Å². The Balaban J connectivity index is 1.94. The van der Waals surface area contributed by atoms with E-state index in [0.29, 0.717) is 19.7 Å². The number of nitrogens with zero attached hydrogens (tertiary/aromatic N) is 1. The molecule has 0 saturated carbocycles. The molecule has 118 valence electrons. The third-order valence-electron chi connectivity index (χ3n) is 3.85. The molecule has 0 aromatic heterocycles. The molecule has 1 aromatic rings. The summed E-state index contributed by atoms with van der Waals surface area (Å²) < 4.78 is 5.05. The van der Waals surface area contributed by atoms with Crippen molar-refractivity contribution < 1.29 is 14.3 Å². The molecule has 1 unspecified atom stereocenters. The summed E-state index contributed by atoms with van der Waals surface area (Å²) in [5.74, 6) is -0.428. The molecule has 0 bridgehead atoms. The van der Waals surface area contributed by atoms with E-state index in [0.717, 1.165) is 18.4 Å². The number of piperidine rings is 1. The van der Waals surface area contributed by atoms with Gasteiger partial charge in [0.2, 0.25) is 5.91 Å². The van der Waals surface area contributed by atoms with Gasteiger partial charge in [0.15, 0.2) is 0 Å². The fourth-order valence-electron chi connectivity index (χ4n) is 2.58. The van der Waals surface area contributed by atoms with Crippen molar-refractivity contribution in [2.75, 3.05) is 19.7 Å². The number of carbonyl (C=O) groups excluding carboxylic acids is 2. The zero-order chi connectivity index (χ0) is 15.9. The Morgan fingerprint density at radius 2 is 2.05 bits per heavy atom. The molecule has 1 saturated heterocycles. The number of hydrogen-bond donors (Lipinski definition) is 0. The Labute approximate surface area is 131 Å². The van der Waals surface area contributed by atoms with E-state index in [4.69, 9.17) is 4.74 Å². The lowest BCUT2D eigenvalue weighted by Crippen LogP contribution is -2.42. The Kier molecular flexibility index (Phi) is 5.75. The van der Waals surface area contributed by atoms with Gasteiger partial charge in [-0.3, -0.25) is 9.59 Å². The summed E-state index contributed by atoms with van der Waals surface area (Å²) in [6.07, 6.45) is 5.03. The topological polar surface area (TPSA) is 46.6 Å². The summed E-state index contributed by atoms with van der Waals surface area (Å²) in [4.78, 5) is 25.8. The first-order valence-electron chi connectivity index (χ1n) is 7.80. The van der Waals surface area contributed by atoms with Gasteiger partial charge in [-0.05, 0) is 38.3 Å². The van der Waals surface area contributed by atoms with Crippen LogP contribution in [-0.2, 0) is 14.3 Å². The first kappa shape index (κ1) is 16.3. The molecule has 1 heterocycles. The van der Waals surface area contributed by atoms with Crippen molar-refractivity contribution in [2.45, 2.75) is 26.7 Å². The monoisotopic (exact) mass is 301 g/mol. The highest BCUT2D eigenvalue weighted by Gasteiger charge is 2.28. The normalized spacial score (nSPS) is 18.5. The lowest BCUT2D eigenvalue weighted by Gasteiger charge is -2.30. The quantitative estimate of drug-likeness (QED) is 0.634. The SMILES string of the molecule is CCOC(=O)C1CCCN(C(=O)C=Cc2ccc(C)cc2)C1. The molecule has 1 atom stereocenters. The second-order valence-electron chi connectivity index (χ2n) is 5.62. The maximum Gasteiger partial charge on any atom is 0.310 e. The van der Waals surface area contributed by atoms with E-state index >= 15 is 0 Å². The molecule has 1 amide bonds. The van der Waals surface area contributed by atoms with Gasteiger partial charge in [0.1, 0.15) is 0 Å². The first-order chi connectivity index (χ1) is 10.6. The molecular formula is C18H23NO3. The second-order valence-corrected chi connectivity index (χ2v) is 5.62. The number of benzene rings is 1. The molecule has 1 aromatic carbocycles. The summed E-state index contributed by atoms with van der Waals surface area (Å²) in [5, 5.41) is 0. The van der Waals surface area contributed by atoms with Crippen molar-refractivity contribution in [1.82, 2.24) is 4.90 Å². The predicted octanol–water partition coefficient (Wildman–Crippen LogP) is 2.81. The van der Waals surface area contributed by atoms with Crippen molar-refractivity contribution >= 4 is 18.0 Å². The van der Waals surface area contributed by atoms with Crippen molar-refractivity contribution in [3.63, 3.8) is 0 Å². The molecule has 4 heteroatoms. The molecular weight excluding hydrogens is 278 g/mol. The standard InChI is InChI=1S/C18H23NO3/c1-3-22-18(21)16-5-4-12-19(13-16)17(20)11-10-15-8-6-14(2)7-9-15/h6-11,16H,3-5,12-13H2,1-2H3. The number of amides is 1. The van der Waals surface area contributed by atoms with Crippen molar-refractivity contribution in [2.24, 2.45) is 5.92 Å². The van der Waals surface area contributed by atoms with E-state index in [1.807, 2.05) is 37.3 Å². The van der Waals surface area contributed by atoms with Gasteiger partial charge < -0.3 is 9.64 Å². The van der Waals surface area contributed by atoms with Crippen LogP contribution in [0.4, 0.5) is 0 Å². The highest BCUT2D eigenvalue weighted by molar-refractivity contribution is 5.92. The number of hydrogen-bond acceptors (Lipinski definition) is 3. The fraction of sp³-hybridized carbons (Fsp3) is 0.444. The fourth-order valence-corrected chi connectivity index (χ4v) is 2.58. The summed E-state index contributed by atoms with van der Waals surface area (Å²) in [5.41, 5.74) is 2.19. The number of ether oxygens (including phenoxy) is 1. The third kappa shape index (κ3) is 4.45. The van der Waals surface area contributed by atoms with Gasteiger partial charge in [0.05, 0.1) is 12.5 Å². The van der Waals surface area contributed by atoms with Crippen LogP contribution >= 0.6 is 0 Å². The zero-order valence-electron chi connectivity index (χ0n) is 13.2. The van der Waals surface area contributed by atoms with Crippen LogP contribution in [0.25, 0.3) is 6.08 Å². The first-order valence-corrected chi connectivity index (χ1v) is 7.80. The minimum absolute atomic E-state index is 0.0467. The van der Waals surface area contributed by atoms with Crippen LogP contribution in [0.2, 0.25) is 0 Å². The minimum Gasteiger partial charge on any atom is -0.466 e. The summed E-state index contributed by atoms with van der Waals surface area (Å²) in [7, 11) is 0. The van der Waals surface area contributed by atoms with E-state index in [1.54, 1.807) is 17.9 Å². The molecule has 1 aliphatic heterocycles. The lowest BCUT2D eigenvalue weighted by atomic mass is 9.98. The van der Waals surface area contributed by atoms with E-state index in [1.165, 1.54) is 5.56 Å². The molecule has 22 heavy (non-hydrogen) atoms. The zero-order valence-corrected chi connectivity index (χ0v) is 13.2. The number of aryl methyl sites for hydroxylation is 1. The minimum atomic E-state index is -0.192. The van der Waals surface area contributed by atoms with Crippen LogP contribution in [0.15, 0.2) is 30.3 Å². The van der Waals surface area contributed by atoms with E-state index in [9.17, 15) is 9.59 Å². The van der Waals surface area contributed by atoms with Gasteiger partial charge >= 0.3 is 5.97 Å². The Bertz CT molecular complexity index is 548. The average molecular weight is 301 g/mol. The van der Waals surface area contributed by atoms with Crippen LogP contribution in [0.1, 0.15) is 30.9 Å². The maximum absolute atomic E-state index is 12.3. The van der Waals surface area contributed by atoms with Gasteiger partial charge in [0.25, 0.3) is 0 Å². The second kappa shape index (κ2) is 7.78. The largest absolute Gasteiger partial charge is 0.466 e. The molecule has 0 N–H and O–H groups in total. The number of esters is 1. The van der Waals surface area contributed by atoms with E-state index in [2.05, 4.69) is 0 Å². The third-order valence-corrected chi connectivity index (χ3v) is 3.85. The molecule has 0 aliphatic carbocycles. The van der Waals surface area contributed by atoms with Crippen LogP contribution in [-0.4, -0.2) is 36.5 Å². The summed E-state index contributed by atoms with van der Waals surface area (Å²) >= 11 is 0. The Hall–Kier alpha value is -2.10. The lowest BCUT2D eigenvalue weighted by molar-refractivity contribution is -0.150. The predicted molar refractivity (Wildman–Crippen MR) is 86.2 cm³/mol. The van der Waals surface area contributed by atoms with Crippen LogP contribution in [0.5, 0.6) is 0 Å². The van der Waals surface area contributed by atoms with Crippen LogP contribution in [0.3, 0.4) is 0 Å². The van der Waals surface area contributed by atoms with Crippen LogP contribution < -0.4 is 0 Å². The van der Waals surface area contributed by atoms with Crippen molar-refractivity contribution in [1.29, 1.82) is 0 Å². The van der Waals surface area contributed by atoms with Gasteiger partial charge in [0, 0.05) is 19.2 Å². The van der Waals surface area contributed by atoms with Gasteiger partial charge in [-0.2, -0.15) is 0 Å². The van der Waals surface area contributed by atoms with Gasteiger partial charge in [-0.25, -0.2) is 0 Å². The maximum atomic E-state index is 12.3. The summed E-state index contributed by atoms with van der Waals surface area (Å²) in [6, 6.07) is 8.00. The molecule has 0 radical (unpaired) electrons. The Morgan fingerprint density at radius 3 is 2.73 bits per heavy atom. The number of carbonyl (C=O) groups is 2. The Morgan fingerprint density at radius 1 is 1.32 bits per heavy atom. The average Bonchev–Trinajstić information content (AvgIpc) is 2.54. The number of rotatable bonds is 4. The van der Waals surface area contributed by atoms with Crippen molar-refractivity contribution in [3.05, 3.63) is 41.5 Å². The molecule has 2 rings (SSSR count). The smallest absolute Gasteiger partial charge is 0.310 e. The van der Waals surface area contributed by atoms with Gasteiger partial charge in [-0.15, -0.1) is 0 Å². The molecule has 1 fully saturated rings.